The average molecular weight is 426 g/mol. The molecule has 1 aliphatic heterocycles. The second kappa shape index (κ2) is 10.7. The lowest BCUT2D eigenvalue weighted by Crippen LogP contribution is -2.43. The molecule has 1 aliphatic rings. The first kappa shape index (κ1) is 21.8. The lowest BCUT2D eigenvalue weighted by molar-refractivity contribution is -0.113. The van der Waals surface area contributed by atoms with E-state index in [4.69, 9.17) is 0 Å². The van der Waals surface area contributed by atoms with Gasteiger partial charge in [-0.2, -0.15) is 0 Å². The molecule has 1 aromatic carbocycles. The monoisotopic (exact) mass is 425 g/mol. The van der Waals surface area contributed by atoms with Crippen molar-refractivity contribution in [2.75, 3.05) is 31.2 Å². The molecule has 1 saturated heterocycles. The number of halogens is 1. The Bertz CT molecular complexity index is 730. The zero-order chi connectivity index (χ0) is 18.4. The smallest absolute Gasteiger partial charge is 0.253 e. The normalized spacial score (nSPS) is 14.5. The number of thioether (sulfide) groups is 1. The molecule has 146 valence electrons. The molecule has 2 heterocycles. The van der Waals surface area contributed by atoms with E-state index < -0.39 is 0 Å². The number of nitrogens with zero attached hydrogens (tertiary/aromatic N) is 1. The number of amides is 2. The minimum absolute atomic E-state index is 0. The summed E-state index contributed by atoms with van der Waals surface area (Å²) in [6, 6.07) is 11.6. The highest BCUT2D eigenvalue weighted by Gasteiger charge is 2.22. The van der Waals surface area contributed by atoms with E-state index in [1.165, 1.54) is 11.8 Å². The maximum Gasteiger partial charge on any atom is 0.253 e. The maximum atomic E-state index is 12.6. The highest BCUT2D eigenvalue weighted by molar-refractivity contribution is 8.01. The fourth-order valence-electron chi connectivity index (χ4n) is 2.93. The zero-order valence-electron chi connectivity index (χ0n) is 15.1. The van der Waals surface area contributed by atoms with Crippen molar-refractivity contribution in [3.05, 3.63) is 47.3 Å². The van der Waals surface area contributed by atoms with Crippen LogP contribution in [0.4, 0.5) is 5.69 Å². The van der Waals surface area contributed by atoms with E-state index in [1.54, 1.807) is 35.6 Å². The van der Waals surface area contributed by atoms with E-state index in [2.05, 4.69) is 10.6 Å². The molecule has 1 fully saturated rings. The van der Waals surface area contributed by atoms with Crippen LogP contribution in [0.15, 0.2) is 46.0 Å². The number of hydrogen-bond acceptors (Lipinski definition) is 5. The molecule has 5 nitrogen and oxygen atoms in total. The van der Waals surface area contributed by atoms with Crippen LogP contribution in [0, 0.1) is 0 Å². The predicted molar refractivity (Wildman–Crippen MR) is 115 cm³/mol. The van der Waals surface area contributed by atoms with Crippen LogP contribution in [0.2, 0.25) is 0 Å². The molecule has 0 spiro atoms. The van der Waals surface area contributed by atoms with Gasteiger partial charge in [0.1, 0.15) is 0 Å². The number of hydrogen-bond donors (Lipinski definition) is 2. The molecule has 1 aromatic heterocycles. The van der Waals surface area contributed by atoms with Gasteiger partial charge in [0.25, 0.3) is 5.91 Å². The fourth-order valence-corrected chi connectivity index (χ4v) is 4.51. The Kier molecular flexibility index (Phi) is 8.63. The van der Waals surface area contributed by atoms with Crippen LogP contribution in [0.3, 0.4) is 0 Å². The Hall–Kier alpha value is -1.54. The largest absolute Gasteiger partial charge is 0.339 e. The number of piperidine rings is 1. The highest BCUT2D eigenvalue weighted by Crippen LogP contribution is 2.23. The third-order valence-corrected chi connectivity index (χ3v) is 6.58. The van der Waals surface area contributed by atoms with E-state index in [0.29, 0.717) is 23.0 Å². The van der Waals surface area contributed by atoms with Gasteiger partial charge in [-0.15, -0.1) is 35.5 Å². The van der Waals surface area contributed by atoms with Crippen molar-refractivity contribution in [3.8, 4) is 0 Å². The van der Waals surface area contributed by atoms with Crippen LogP contribution >= 0.6 is 35.5 Å². The number of carbonyl (C=O) groups is 2. The molecule has 2 amide bonds. The summed E-state index contributed by atoms with van der Waals surface area (Å²) in [7, 11) is 1.97. The zero-order valence-corrected chi connectivity index (χ0v) is 17.6. The molecule has 27 heavy (non-hydrogen) atoms. The van der Waals surface area contributed by atoms with Gasteiger partial charge < -0.3 is 15.5 Å². The minimum Gasteiger partial charge on any atom is -0.339 e. The summed E-state index contributed by atoms with van der Waals surface area (Å²) in [6.07, 6.45) is 1.97. The summed E-state index contributed by atoms with van der Waals surface area (Å²) in [5.74, 6) is 0.393. The summed E-state index contributed by atoms with van der Waals surface area (Å²) in [5, 5.41) is 8.14. The Labute approximate surface area is 174 Å². The number of nitrogens with one attached hydrogen (secondary N) is 2. The van der Waals surface area contributed by atoms with Crippen molar-refractivity contribution in [3.63, 3.8) is 0 Å². The SMILES string of the molecule is CNC1CCN(C(=O)c2ccc(NC(=O)CSc3cccs3)cc2)CC1.Cl. The Morgan fingerprint density at radius 1 is 1.19 bits per heavy atom. The molecule has 3 rings (SSSR count). The standard InChI is InChI=1S/C19H23N3O2S2.ClH/c1-20-15-8-10-22(11-9-15)19(24)14-4-6-16(7-5-14)21-17(23)13-26-18-3-2-12-25-18;/h2-7,12,15,20H,8-11,13H2,1H3,(H,21,23);1H. The van der Waals surface area contributed by atoms with Gasteiger partial charge in [-0.25, -0.2) is 0 Å². The van der Waals surface area contributed by atoms with Crippen molar-refractivity contribution in [1.29, 1.82) is 0 Å². The van der Waals surface area contributed by atoms with Crippen molar-refractivity contribution in [1.82, 2.24) is 10.2 Å². The first-order valence-corrected chi connectivity index (χ1v) is 10.5. The first-order chi connectivity index (χ1) is 12.7. The number of carbonyl (C=O) groups excluding carboxylic acids is 2. The Morgan fingerprint density at radius 2 is 1.89 bits per heavy atom. The van der Waals surface area contributed by atoms with Gasteiger partial charge >= 0.3 is 0 Å². The second-order valence-electron chi connectivity index (χ2n) is 6.20. The molecule has 0 atom stereocenters. The van der Waals surface area contributed by atoms with Gasteiger partial charge in [0.05, 0.1) is 9.96 Å². The molecule has 0 radical (unpaired) electrons. The number of rotatable bonds is 6. The molecular weight excluding hydrogens is 402 g/mol. The van der Waals surface area contributed by atoms with Crippen LogP contribution in [0.5, 0.6) is 0 Å². The van der Waals surface area contributed by atoms with Gasteiger partial charge in [0.2, 0.25) is 5.91 Å². The van der Waals surface area contributed by atoms with E-state index in [1.807, 2.05) is 29.5 Å². The molecule has 0 bridgehead atoms. The van der Waals surface area contributed by atoms with Gasteiger partial charge in [-0.3, -0.25) is 9.59 Å². The average Bonchev–Trinajstić information content (AvgIpc) is 3.20. The molecular formula is C19H24ClN3O2S2. The van der Waals surface area contributed by atoms with Crippen LogP contribution in [-0.2, 0) is 4.79 Å². The fraction of sp³-hybridized carbons (Fsp3) is 0.368. The van der Waals surface area contributed by atoms with Crippen LogP contribution in [0.1, 0.15) is 23.2 Å². The van der Waals surface area contributed by atoms with Crippen LogP contribution in [-0.4, -0.2) is 48.6 Å². The lowest BCUT2D eigenvalue weighted by Gasteiger charge is -2.31. The van der Waals surface area contributed by atoms with Crippen molar-refractivity contribution in [2.45, 2.75) is 23.1 Å². The Balaban J connectivity index is 0.00000261. The number of thiophene rings is 1. The van der Waals surface area contributed by atoms with E-state index in [9.17, 15) is 9.59 Å². The van der Waals surface area contributed by atoms with E-state index >= 15 is 0 Å². The molecule has 2 aromatic rings. The van der Waals surface area contributed by atoms with E-state index in [-0.39, 0.29) is 24.2 Å². The molecule has 0 aliphatic carbocycles. The lowest BCUT2D eigenvalue weighted by atomic mass is 10.0. The highest BCUT2D eigenvalue weighted by atomic mass is 35.5. The second-order valence-corrected chi connectivity index (χ2v) is 8.42. The van der Waals surface area contributed by atoms with Crippen LogP contribution in [0.25, 0.3) is 0 Å². The molecule has 8 heteroatoms. The Morgan fingerprint density at radius 3 is 2.48 bits per heavy atom. The number of anilines is 1. The summed E-state index contributed by atoms with van der Waals surface area (Å²) in [6.45, 7) is 1.56. The third-order valence-electron chi connectivity index (χ3n) is 4.45. The van der Waals surface area contributed by atoms with E-state index in [0.717, 1.165) is 30.1 Å². The first-order valence-electron chi connectivity index (χ1n) is 8.68. The number of likely N-dealkylation sites (tertiary alicyclic amines) is 1. The predicted octanol–water partition coefficient (Wildman–Crippen LogP) is 3.72. The quantitative estimate of drug-likeness (QED) is 0.692. The summed E-state index contributed by atoms with van der Waals surface area (Å²) < 4.78 is 1.13. The van der Waals surface area contributed by atoms with Gasteiger partial charge in [-0.1, -0.05) is 6.07 Å². The van der Waals surface area contributed by atoms with Gasteiger partial charge in [-0.05, 0) is 55.6 Å². The van der Waals surface area contributed by atoms with Crippen molar-refractivity contribution < 1.29 is 9.59 Å². The van der Waals surface area contributed by atoms with Crippen molar-refractivity contribution >= 4 is 53.0 Å². The summed E-state index contributed by atoms with van der Waals surface area (Å²) >= 11 is 3.15. The maximum absolute atomic E-state index is 12.6. The third kappa shape index (κ3) is 6.24. The molecule has 0 saturated carbocycles. The minimum atomic E-state index is -0.0448. The topological polar surface area (TPSA) is 61.4 Å². The van der Waals surface area contributed by atoms with Gasteiger partial charge in [0.15, 0.2) is 0 Å². The summed E-state index contributed by atoms with van der Waals surface area (Å²) in [4.78, 5) is 26.5. The number of benzene rings is 1. The molecule has 2 N–H and O–H groups in total. The van der Waals surface area contributed by atoms with Crippen LogP contribution < -0.4 is 10.6 Å². The van der Waals surface area contributed by atoms with Gasteiger partial charge in [0, 0.05) is 30.4 Å². The molecule has 0 unspecified atom stereocenters. The summed E-state index contributed by atoms with van der Waals surface area (Å²) in [5.41, 5.74) is 1.38. The van der Waals surface area contributed by atoms with Crippen molar-refractivity contribution in [2.24, 2.45) is 0 Å².